The Balaban J connectivity index is 1.10. The molecule has 1 aliphatic heterocycles. The Morgan fingerprint density at radius 1 is 1.03 bits per heavy atom. The van der Waals surface area contributed by atoms with E-state index in [-0.39, 0.29) is 29.3 Å². The van der Waals surface area contributed by atoms with Crippen LogP contribution in [0.5, 0.6) is 0 Å². The molecule has 4 aliphatic carbocycles. The molecule has 4 bridgehead atoms. The van der Waals surface area contributed by atoms with Gasteiger partial charge in [-0.25, -0.2) is 4.98 Å². The standard InChI is InChI=1S/C28H32N4O3S/c33-26(12-24-22-8-4-5-9-23(22)25-16-29-17-32(24)25)28-13-18-10-19(14-28)27(20(11-18)15-28)31-36(34,35)30-21-6-2-1-3-7-21/h1-9,16-20,24,26-27,30-31,33H,10-15H2. The first kappa shape index (κ1) is 22.5. The van der Waals surface area contributed by atoms with Crippen molar-refractivity contribution in [2.24, 2.45) is 23.2 Å². The van der Waals surface area contributed by atoms with Gasteiger partial charge in [-0.3, -0.25) is 4.72 Å². The number of aliphatic hydroxyl groups excluding tert-OH is 1. The molecular formula is C28H32N4O3S. The summed E-state index contributed by atoms with van der Waals surface area (Å²) in [5, 5.41) is 11.8. The van der Waals surface area contributed by atoms with Crippen LogP contribution >= 0.6 is 0 Å². The number of benzene rings is 2. The number of anilines is 1. The number of hydrogen-bond acceptors (Lipinski definition) is 4. The fourth-order valence-electron chi connectivity index (χ4n) is 8.19. The molecule has 7 nitrogen and oxygen atoms in total. The molecule has 0 spiro atoms. The van der Waals surface area contributed by atoms with Gasteiger partial charge in [-0.05, 0) is 79.4 Å². The van der Waals surface area contributed by atoms with E-state index in [1.807, 2.05) is 30.7 Å². The molecule has 4 fully saturated rings. The Morgan fingerprint density at radius 2 is 1.75 bits per heavy atom. The fourth-order valence-corrected chi connectivity index (χ4v) is 9.44. The third-order valence-corrected chi connectivity index (χ3v) is 10.5. The zero-order valence-electron chi connectivity index (χ0n) is 20.1. The number of para-hydroxylation sites is 1. The lowest BCUT2D eigenvalue weighted by molar-refractivity contribution is -0.134. The molecule has 5 aliphatic rings. The maximum Gasteiger partial charge on any atom is 0.299 e. The van der Waals surface area contributed by atoms with Crippen molar-refractivity contribution in [3.05, 3.63) is 72.7 Å². The van der Waals surface area contributed by atoms with E-state index in [2.05, 4.69) is 43.3 Å². The number of aliphatic hydroxyl groups is 1. The van der Waals surface area contributed by atoms with Crippen molar-refractivity contribution in [2.45, 2.75) is 56.7 Å². The number of imidazole rings is 1. The molecule has 4 unspecified atom stereocenters. The highest BCUT2D eigenvalue weighted by Gasteiger charge is 2.58. The van der Waals surface area contributed by atoms with Gasteiger partial charge < -0.3 is 9.67 Å². The monoisotopic (exact) mass is 504 g/mol. The number of hydrogen-bond donors (Lipinski definition) is 3. The van der Waals surface area contributed by atoms with E-state index >= 15 is 0 Å². The lowest BCUT2D eigenvalue weighted by Crippen LogP contribution is -2.62. The summed E-state index contributed by atoms with van der Waals surface area (Å²) in [6.07, 6.45) is 8.93. The van der Waals surface area contributed by atoms with Crippen LogP contribution in [0, 0.1) is 23.2 Å². The van der Waals surface area contributed by atoms with E-state index in [4.69, 9.17) is 0 Å². The first-order valence-electron chi connectivity index (χ1n) is 13.1. The quantitative estimate of drug-likeness (QED) is 0.446. The van der Waals surface area contributed by atoms with Crippen LogP contribution in [-0.4, -0.2) is 35.2 Å². The van der Waals surface area contributed by atoms with E-state index < -0.39 is 16.3 Å². The molecule has 2 heterocycles. The number of nitrogens with one attached hydrogen (secondary N) is 2. The van der Waals surface area contributed by atoms with Crippen molar-refractivity contribution >= 4 is 15.9 Å². The molecule has 8 rings (SSSR count). The Labute approximate surface area is 212 Å². The second-order valence-corrected chi connectivity index (χ2v) is 12.9. The van der Waals surface area contributed by atoms with Crippen molar-refractivity contribution in [1.29, 1.82) is 0 Å². The van der Waals surface area contributed by atoms with Crippen LogP contribution in [-0.2, 0) is 10.2 Å². The van der Waals surface area contributed by atoms with Crippen molar-refractivity contribution in [1.82, 2.24) is 14.3 Å². The molecule has 188 valence electrons. The molecule has 1 aromatic heterocycles. The van der Waals surface area contributed by atoms with E-state index in [1.165, 1.54) is 11.1 Å². The summed E-state index contributed by atoms with van der Waals surface area (Å²) >= 11 is 0. The van der Waals surface area contributed by atoms with Crippen molar-refractivity contribution in [3.8, 4) is 11.3 Å². The molecule has 36 heavy (non-hydrogen) atoms. The number of rotatable bonds is 7. The molecule has 3 aromatic rings. The SMILES string of the molecule is O=S(=O)(Nc1ccccc1)NC1C2CC3CC1CC(C(O)CC1c4ccccc4-c4cncn41)(C3)C2. The first-order chi connectivity index (χ1) is 17.4. The smallest absolute Gasteiger partial charge is 0.299 e. The summed E-state index contributed by atoms with van der Waals surface area (Å²) in [5.74, 6) is 1.09. The maximum absolute atomic E-state index is 13.0. The molecule has 3 N–H and O–H groups in total. The van der Waals surface area contributed by atoms with Gasteiger partial charge in [0.2, 0.25) is 0 Å². The summed E-state index contributed by atoms with van der Waals surface area (Å²) in [6, 6.07) is 17.5. The van der Waals surface area contributed by atoms with E-state index in [0.717, 1.165) is 37.8 Å². The minimum absolute atomic E-state index is 0.0736. The largest absolute Gasteiger partial charge is 0.392 e. The van der Waals surface area contributed by atoms with Gasteiger partial charge in [0.25, 0.3) is 10.2 Å². The lowest BCUT2D eigenvalue weighted by Gasteiger charge is -2.61. The number of fused-ring (bicyclic) bond motifs is 3. The van der Waals surface area contributed by atoms with Crippen LogP contribution in [0.3, 0.4) is 0 Å². The molecule has 4 atom stereocenters. The second-order valence-electron chi connectivity index (χ2n) is 11.5. The van der Waals surface area contributed by atoms with Gasteiger partial charge in [0.15, 0.2) is 0 Å². The molecule has 4 saturated carbocycles. The third-order valence-electron chi connectivity index (χ3n) is 9.39. The topological polar surface area (TPSA) is 96.2 Å². The third kappa shape index (κ3) is 3.61. The molecular weight excluding hydrogens is 472 g/mol. The molecule has 8 heteroatoms. The second kappa shape index (κ2) is 8.16. The number of nitrogens with zero attached hydrogens (tertiary/aromatic N) is 2. The van der Waals surface area contributed by atoms with Crippen LogP contribution in [0.1, 0.15) is 50.1 Å². The average Bonchev–Trinajstić information content (AvgIpc) is 3.44. The normalized spacial score (nSPS) is 32.8. The highest BCUT2D eigenvalue weighted by atomic mass is 32.2. The van der Waals surface area contributed by atoms with Gasteiger partial charge in [-0.1, -0.05) is 42.5 Å². The van der Waals surface area contributed by atoms with Gasteiger partial charge in [0.1, 0.15) is 0 Å². The van der Waals surface area contributed by atoms with Crippen LogP contribution in [0.4, 0.5) is 5.69 Å². The zero-order chi connectivity index (χ0) is 24.5. The van der Waals surface area contributed by atoms with E-state index in [0.29, 0.717) is 18.0 Å². The van der Waals surface area contributed by atoms with Crippen LogP contribution in [0.15, 0.2) is 67.1 Å². The highest BCUT2D eigenvalue weighted by molar-refractivity contribution is 7.90. The molecule has 2 aromatic carbocycles. The highest BCUT2D eigenvalue weighted by Crippen LogP contribution is 2.62. The number of aromatic nitrogens is 2. The minimum atomic E-state index is -3.67. The van der Waals surface area contributed by atoms with Crippen LogP contribution in [0.25, 0.3) is 11.3 Å². The van der Waals surface area contributed by atoms with Crippen molar-refractivity contribution < 1.29 is 13.5 Å². The van der Waals surface area contributed by atoms with Gasteiger partial charge in [0.05, 0.1) is 30.4 Å². The summed E-state index contributed by atoms with van der Waals surface area (Å²) in [4.78, 5) is 4.38. The Morgan fingerprint density at radius 3 is 2.53 bits per heavy atom. The van der Waals surface area contributed by atoms with Gasteiger partial charge in [-0.15, -0.1) is 0 Å². The van der Waals surface area contributed by atoms with Crippen LogP contribution in [0.2, 0.25) is 0 Å². The van der Waals surface area contributed by atoms with E-state index in [9.17, 15) is 13.5 Å². The Kier molecular flexibility index (Phi) is 5.10. The zero-order valence-corrected chi connectivity index (χ0v) is 20.9. The Hall–Kier alpha value is -2.68. The summed E-state index contributed by atoms with van der Waals surface area (Å²) < 4.78 is 33.8. The van der Waals surface area contributed by atoms with Crippen LogP contribution < -0.4 is 9.44 Å². The molecule has 0 radical (unpaired) electrons. The van der Waals surface area contributed by atoms with Crippen molar-refractivity contribution in [3.63, 3.8) is 0 Å². The summed E-state index contributed by atoms with van der Waals surface area (Å²) in [7, 11) is -3.67. The molecule has 0 amide bonds. The molecule has 0 saturated heterocycles. The predicted molar refractivity (Wildman–Crippen MR) is 138 cm³/mol. The van der Waals surface area contributed by atoms with E-state index in [1.54, 1.807) is 12.1 Å². The van der Waals surface area contributed by atoms with Gasteiger partial charge >= 0.3 is 0 Å². The van der Waals surface area contributed by atoms with Gasteiger partial charge in [0, 0.05) is 17.3 Å². The fraction of sp³-hybridized carbons (Fsp3) is 0.464. The maximum atomic E-state index is 13.0. The summed E-state index contributed by atoms with van der Waals surface area (Å²) in [6.45, 7) is 0. The summed E-state index contributed by atoms with van der Waals surface area (Å²) in [5.41, 5.74) is 4.02. The van der Waals surface area contributed by atoms with Crippen molar-refractivity contribution in [2.75, 3.05) is 4.72 Å². The Bertz CT molecular complexity index is 1370. The van der Waals surface area contributed by atoms with Gasteiger partial charge in [-0.2, -0.15) is 13.1 Å². The average molecular weight is 505 g/mol. The minimum Gasteiger partial charge on any atom is -0.392 e. The lowest BCUT2D eigenvalue weighted by atomic mass is 9.46. The predicted octanol–water partition coefficient (Wildman–Crippen LogP) is 4.35. The first-order valence-corrected chi connectivity index (χ1v) is 14.5.